The molecule has 2 unspecified atom stereocenters. The van der Waals surface area contributed by atoms with Crippen LogP contribution >= 0.6 is 11.3 Å². The van der Waals surface area contributed by atoms with Crippen molar-refractivity contribution in [2.45, 2.75) is 51.5 Å². The topological polar surface area (TPSA) is 54.5 Å². The first-order chi connectivity index (χ1) is 11.7. The molecule has 24 heavy (non-hydrogen) atoms. The van der Waals surface area contributed by atoms with Gasteiger partial charge >= 0.3 is 0 Å². The fourth-order valence-corrected chi connectivity index (χ4v) is 4.33. The second kappa shape index (κ2) is 8.41. The van der Waals surface area contributed by atoms with Gasteiger partial charge in [-0.1, -0.05) is 6.92 Å². The fourth-order valence-electron chi connectivity index (χ4n) is 3.34. The highest BCUT2D eigenvalue weighted by molar-refractivity contribution is 7.13. The highest BCUT2D eigenvalue weighted by Gasteiger charge is 2.30. The van der Waals surface area contributed by atoms with Crippen molar-refractivity contribution >= 4 is 17.2 Å². The molecule has 2 heterocycles. The van der Waals surface area contributed by atoms with Gasteiger partial charge in [0.15, 0.2) is 0 Å². The molecule has 1 saturated heterocycles. The lowest BCUT2D eigenvalue weighted by Crippen LogP contribution is -2.50. The number of likely N-dealkylation sites (tertiary alicyclic amines) is 1. The van der Waals surface area contributed by atoms with Crippen LogP contribution in [0.4, 0.5) is 0 Å². The first-order valence-electron chi connectivity index (χ1n) is 9.24. The Kier molecular flexibility index (Phi) is 6.25. The Morgan fingerprint density at radius 1 is 1.46 bits per heavy atom. The molecule has 134 valence electrons. The van der Waals surface area contributed by atoms with Gasteiger partial charge in [0.1, 0.15) is 4.88 Å². The van der Waals surface area contributed by atoms with Gasteiger partial charge in [-0.15, -0.1) is 11.3 Å². The van der Waals surface area contributed by atoms with Gasteiger partial charge in [-0.05, 0) is 38.5 Å². The lowest BCUT2D eigenvalue weighted by molar-refractivity contribution is 0.0847. The Balaban J connectivity index is 1.43. The van der Waals surface area contributed by atoms with Crippen molar-refractivity contribution in [3.63, 3.8) is 0 Å². The van der Waals surface area contributed by atoms with Gasteiger partial charge in [0.05, 0.1) is 11.2 Å². The van der Waals surface area contributed by atoms with Crippen LogP contribution in [0.5, 0.6) is 0 Å². The lowest BCUT2D eigenvalue weighted by Gasteiger charge is -2.37. The van der Waals surface area contributed by atoms with Gasteiger partial charge in [0, 0.05) is 44.8 Å². The van der Waals surface area contributed by atoms with Gasteiger partial charge in [0.25, 0.3) is 5.91 Å². The molecule has 1 amide bonds. The normalized spacial score (nSPS) is 24.9. The summed E-state index contributed by atoms with van der Waals surface area (Å²) in [5.41, 5.74) is 0. The molecule has 0 bridgehead atoms. The molecule has 1 aromatic heterocycles. The maximum atomic E-state index is 12.5. The van der Waals surface area contributed by atoms with Crippen LogP contribution < -0.4 is 5.32 Å². The molecule has 1 N–H and O–H groups in total. The summed E-state index contributed by atoms with van der Waals surface area (Å²) in [5.74, 6) is 1.15. The van der Waals surface area contributed by atoms with Gasteiger partial charge in [-0.2, -0.15) is 0 Å². The number of piperidine rings is 1. The van der Waals surface area contributed by atoms with Gasteiger partial charge in [0.2, 0.25) is 0 Å². The van der Waals surface area contributed by atoms with Crippen LogP contribution in [0.15, 0.2) is 6.20 Å². The van der Waals surface area contributed by atoms with Crippen molar-refractivity contribution in [2.24, 2.45) is 5.92 Å². The quantitative estimate of drug-likeness (QED) is 0.732. The van der Waals surface area contributed by atoms with E-state index in [0.717, 1.165) is 55.6 Å². The van der Waals surface area contributed by atoms with E-state index < -0.39 is 0 Å². The van der Waals surface area contributed by atoms with Crippen LogP contribution in [0.3, 0.4) is 0 Å². The molecule has 1 aliphatic carbocycles. The fraction of sp³-hybridized carbons (Fsp3) is 0.778. The molecule has 2 atom stereocenters. The largest absolute Gasteiger partial charge is 0.382 e. The maximum Gasteiger partial charge on any atom is 0.263 e. The Morgan fingerprint density at radius 2 is 2.29 bits per heavy atom. The lowest BCUT2D eigenvalue weighted by atomic mass is 9.93. The molecule has 2 fully saturated rings. The maximum absolute atomic E-state index is 12.5. The first-order valence-corrected chi connectivity index (χ1v) is 10.1. The summed E-state index contributed by atoms with van der Waals surface area (Å²) in [4.78, 5) is 20.1. The Labute approximate surface area is 148 Å². The van der Waals surface area contributed by atoms with Crippen LogP contribution in [0.2, 0.25) is 0 Å². The summed E-state index contributed by atoms with van der Waals surface area (Å²) >= 11 is 1.57. The molecule has 0 aromatic carbocycles. The Bertz CT molecular complexity index is 544. The summed E-state index contributed by atoms with van der Waals surface area (Å²) in [6, 6.07) is 0.270. The van der Waals surface area contributed by atoms with Crippen LogP contribution in [-0.2, 0) is 4.74 Å². The highest BCUT2D eigenvalue weighted by atomic mass is 32.1. The summed E-state index contributed by atoms with van der Waals surface area (Å²) in [7, 11) is 0. The van der Waals surface area contributed by atoms with Crippen molar-refractivity contribution in [1.82, 2.24) is 15.2 Å². The van der Waals surface area contributed by atoms with Gasteiger partial charge < -0.3 is 15.0 Å². The van der Waals surface area contributed by atoms with E-state index in [0.29, 0.717) is 11.8 Å². The third-order valence-electron chi connectivity index (χ3n) is 4.95. The van der Waals surface area contributed by atoms with E-state index in [9.17, 15) is 4.79 Å². The minimum Gasteiger partial charge on any atom is -0.382 e. The average molecular weight is 352 g/mol. The second-order valence-corrected chi connectivity index (χ2v) is 8.10. The number of hydrogen-bond donors (Lipinski definition) is 1. The highest BCUT2D eigenvalue weighted by Crippen LogP contribution is 2.41. The number of ether oxygens (including phenoxy) is 1. The van der Waals surface area contributed by atoms with Crippen LogP contribution in [0.1, 0.15) is 60.1 Å². The van der Waals surface area contributed by atoms with E-state index in [1.807, 2.05) is 6.92 Å². The minimum atomic E-state index is 0.0565. The number of hydrogen-bond acceptors (Lipinski definition) is 5. The number of thiazole rings is 1. The number of nitrogens with one attached hydrogen (secondary N) is 1. The summed E-state index contributed by atoms with van der Waals surface area (Å²) in [5, 5.41) is 4.37. The van der Waals surface area contributed by atoms with Crippen molar-refractivity contribution in [3.8, 4) is 0 Å². The average Bonchev–Trinajstić information content (AvgIpc) is 3.31. The van der Waals surface area contributed by atoms with E-state index in [-0.39, 0.29) is 11.9 Å². The number of nitrogens with zero attached hydrogens (tertiary/aromatic N) is 2. The number of amides is 1. The molecule has 0 radical (unpaired) electrons. The van der Waals surface area contributed by atoms with Crippen molar-refractivity contribution in [3.05, 3.63) is 16.1 Å². The molecule has 1 aromatic rings. The molecule has 6 heteroatoms. The summed E-state index contributed by atoms with van der Waals surface area (Å²) in [6.07, 6.45) is 6.32. The van der Waals surface area contributed by atoms with Crippen LogP contribution in [0.25, 0.3) is 0 Å². The number of carbonyl (C=O) groups is 1. The van der Waals surface area contributed by atoms with Crippen molar-refractivity contribution in [2.75, 3.05) is 32.8 Å². The molecule has 1 aliphatic heterocycles. The van der Waals surface area contributed by atoms with Crippen LogP contribution in [0, 0.1) is 5.92 Å². The Hall–Kier alpha value is -0.980. The van der Waals surface area contributed by atoms with Crippen molar-refractivity contribution in [1.29, 1.82) is 0 Å². The third kappa shape index (κ3) is 4.77. The minimum absolute atomic E-state index is 0.0565. The monoisotopic (exact) mass is 351 g/mol. The van der Waals surface area contributed by atoms with E-state index in [1.54, 1.807) is 17.5 Å². The molecule has 3 rings (SSSR count). The number of carbonyl (C=O) groups excluding carboxylic acids is 1. The predicted octanol–water partition coefficient (Wildman–Crippen LogP) is 2.89. The standard InChI is InChI=1S/C18H29N3O2S/c1-3-23-10-4-8-21-9-7-15(13(2)12-21)20-17(22)16-11-19-18(24-16)14-5-6-14/h11,13-15H,3-10,12H2,1-2H3,(H,20,22). The third-order valence-corrected chi connectivity index (χ3v) is 6.11. The SMILES string of the molecule is CCOCCCN1CCC(NC(=O)c2cnc(C3CC3)s2)C(C)C1. The van der Waals surface area contributed by atoms with Crippen molar-refractivity contribution < 1.29 is 9.53 Å². The zero-order valence-corrected chi connectivity index (χ0v) is 15.6. The molecule has 0 spiro atoms. The smallest absolute Gasteiger partial charge is 0.263 e. The van der Waals surface area contributed by atoms with Gasteiger partial charge in [-0.25, -0.2) is 4.98 Å². The molecular formula is C18H29N3O2S. The van der Waals surface area contributed by atoms with E-state index in [4.69, 9.17) is 4.74 Å². The second-order valence-electron chi connectivity index (χ2n) is 7.03. The zero-order valence-electron chi connectivity index (χ0n) is 14.8. The predicted molar refractivity (Wildman–Crippen MR) is 96.7 cm³/mol. The summed E-state index contributed by atoms with van der Waals surface area (Å²) in [6.45, 7) is 9.10. The molecule has 5 nitrogen and oxygen atoms in total. The number of rotatable bonds is 8. The van der Waals surface area contributed by atoms with Gasteiger partial charge in [-0.3, -0.25) is 4.79 Å². The van der Waals surface area contributed by atoms with E-state index >= 15 is 0 Å². The van der Waals surface area contributed by atoms with E-state index in [2.05, 4.69) is 22.1 Å². The molecule has 1 saturated carbocycles. The van der Waals surface area contributed by atoms with Crippen LogP contribution in [-0.4, -0.2) is 54.7 Å². The first kappa shape index (κ1) is 17.8. The van der Waals surface area contributed by atoms with E-state index in [1.165, 1.54) is 12.8 Å². The zero-order chi connectivity index (χ0) is 16.9. The Morgan fingerprint density at radius 3 is 3.00 bits per heavy atom. The summed E-state index contributed by atoms with van der Waals surface area (Å²) < 4.78 is 5.41. The molecular weight excluding hydrogens is 322 g/mol. The molecule has 2 aliphatic rings. The number of aromatic nitrogens is 1.